The summed E-state index contributed by atoms with van der Waals surface area (Å²) in [4.78, 5) is 24.0. The highest BCUT2D eigenvalue weighted by Gasteiger charge is 2.11. The maximum atomic E-state index is 12.1. The minimum absolute atomic E-state index is 0.180. The summed E-state index contributed by atoms with van der Waals surface area (Å²) in [7, 11) is 0. The van der Waals surface area contributed by atoms with Gasteiger partial charge in [-0.2, -0.15) is 0 Å². The Morgan fingerprint density at radius 3 is 2.31 bits per heavy atom. The van der Waals surface area contributed by atoms with Gasteiger partial charge in [-0.25, -0.2) is 9.59 Å². The lowest BCUT2D eigenvalue weighted by Gasteiger charge is -2.09. The van der Waals surface area contributed by atoms with Crippen LogP contribution in [0.25, 0.3) is 0 Å². The van der Waals surface area contributed by atoms with E-state index in [0.717, 1.165) is 5.56 Å². The van der Waals surface area contributed by atoms with Crippen molar-refractivity contribution in [2.75, 3.05) is 6.61 Å². The van der Waals surface area contributed by atoms with Crippen LogP contribution in [-0.2, 0) is 16.1 Å². The molecule has 0 saturated heterocycles. The minimum atomic E-state index is -0.625. The number of ether oxygens (including phenoxy) is 3. The Morgan fingerprint density at radius 2 is 1.59 bits per heavy atom. The zero-order valence-corrected chi connectivity index (χ0v) is 16.7. The molecule has 0 aliphatic carbocycles. The lowest BCUT2D eigenvalue weighted by atomic mass is 10.2. The number of carbonyl (C=O) groups is 2. The van der Waals surface area contributed by atoms with Crippen LogP contribution in [0.3, 0.4) is 0 Å². The van der Waals surface area contributed by atoms with Crippen LogP contribution in [0.4, 0.5) is 0 Å². The van der Waals surface area contributed by atoms with Gasteiger partial charge in [-0.05, 0) is 42.0 Å². The van der Waals surface area contributed by atoms with E-state index in [0.29, 0.717) is 15.6 Å². The quantitative estimate of drug-likeness (QED) is 0.374. The zero-order chi connectivity index (χ0) is 20.6. The molecule has 0 radical (unpaired) electrons. The van der Waals surface area contributed by atoms with Gasteiger partial charge in [0.1, 0.15) is 18.1 Å². The largest absolute Gasteiger partial charge is 0.480 e. The van der Waals surface area contributed by atoms with Crippen molar-refractivity contribution in [2.24, 2.45) is 0 Å². The Balaban J connectivity index is 1.49. The predicted molar refractivity (Wildman–Crippen MR) is 110 cm³/mol. The summed E-state index contributed by atoms with van der Waals surface area (Å²) in [6, 6.07) is 20.1. The van der Waals surface area contributed by atoms with Gasteiger partial charge < -0.3 is 14.2 Å². The van der Waals surface area contributed by atoms with Gasteiger partial charge in [0.05, 0.1) is 10.6 Å². The Kier molecular flexibility index (Phi) is 7.11. The second-order valence-electron chi connectivity index (χ2n) is 5.92. The molecule has 3 aromatic rings. The van der Waals surface area contributed by atoms with E-state index in [-0.39, 0.29) is 24.7 Å². The van der Waals surface area contributed by atoms with Crippen LogP contribution in [-0.4, -0.2) is 18.5 Å². The molecule has 0 fully saturated rings. The van der Waals surface area contributed by atoms with Crippen molar-refractivity contribution in [3.8, 4) is 11.5 Å². The molecule has 3 aromatic carbocycles. The number of hydrogen-bond acceptors (Lipinski definition) is 5. The lowest BCUT2D eigenvalue weighted by molar-refractivity contribution is -0.136. The number of halogens is 2. The monoisotopic (exact) mass is 430 g/mol. The van der Waals surface area contributed by atoms with Crippen LogP contribution in [0.5, 0.6) is 11.5 Å². The fraction of sp³-hybridized carbons (Fsp3) is 0.0909. The molecule has 0 N–H and O–H groups in total. The summed E-state index contributed by atoms with van der Waals surface area (Å²) in [6.45, 7) is -0.166. The Morgan fingerprint density at radius 1 is 0.862 bits per heavy atom. The molecular weight excluding hydrogens is 415 g/mol. The third kappa shape index (κ3) is 6.24. The molecule has 0 saturated carbocycles. The van der Waals surface area contributed by atoms with Gasteiger partial charge in [0.2, 0.25) is 0 Å². The van der Waals surface area contributed by atoms with Gasteiger partial charge in [-0.3, -0.25) is 0 Å². The van der Waals surface area contributed by atoms with Gasteiger partial charge in [0.15, 0.2) is 6.61 Å². The lowest BCUT2D eigenvalue weighted by Crippen LogP contribution is -2.17. The summed E-state index contributed by atoms with van der Waals surface area (Å²) in [6.07, 6.45) is 0. The molecule has 0 spiro atoms. The molecule has 5 nitrogen and oxygen atoms in total. The van der Waals surface area contributed by atoms with E-state index in [1.54, 1.807) is 12.1 Å². The molecular formula is C22H16Cl2O5. The Hall–Kier alpha value is -3.02. The van der Waals surface area contributed by atoms with Crippen molar-refractivity contribution in [1.29, 1.82) is 0 Å². The van der Waals surface area contributed by atoms with Gasteiger partial charge in [0, 0.05) is 11.1 Å². The molecule has 3 rings (SSSR count). The van der Waals surface area contributed by atoms with Gasteiger partial charge in [-0.1, -0.05) is 53.5 Å². The summed E-state index contributed by atoms with van der Waals surface area (Å²) < 4.78 is 15.8. The molecule has 7 heteroatoms. The van der Waals surface area contributed by atoms with Crippen LogP contribution in [0.15, 0.2) is 72.8 Å². The summed E-state index contributed by atoms with van der Waals surface area (Å²) >= 11 is 11.8. The molecule has 148 valence electrons. The van der Waals surface area contributed by atoms with E-state index >= 15 is 0 Å². The third-order valence-electron chi connectivity index (χ3n) is 3.77. The van der Waals surface area contributed by atoms with Crippen LogP contribution < -0.4 is 9.47 Å². The first-order valence-corrected chi connectivity index (χ1v) is 9.36. The summed E-state index contributed by atoms with van der Waals surface area (Å²) in [5.74, 6) is -0.533. The second-order valence-corrected chi connectivity index (χ2v) is 6.77. The fourth-order valence-electron chi connectivity index (χ4n) is 2.35. The molecule has 0 amide bonds. The molecule has 0 aliphatic heterocycles. The standard InChI is InChI=1S/C22H16Cl2O5/c23-17-8-11-19(24)20(12-17)27-14-21(25)29-18-9-6-16(7-10-18)22(26)28-13-15-4-2-1-3-5-15/h1-12H,13-14H2. The normalized spacial score (nSPS) is 10.3. The van der Waals surface area contributed by atoms with E-state index in [9.17, 15) is 9.59 Å². The molecule has 29 heavy (non-hydrogen) atoms. The average molecular weight is 431 g/mol. The van der Waals surface area contributed by atoms with Gasteiger partial charge in [-0.15, -0.1) is 0 Å². The van der Waals surface area contributed by atoms with Crippen LogP contribution in [0.1, 0.15) is 15.9 Å². The maximum Gasteiger partial charge on any atom is 0.349 e. The van der Waals surface area contributed by atoms with E-state index in [1.165, 1.54) is 30.3 Å². The maximum absolute atomic E-state index is 12.1. The predicted octanol–water partition coefficient (Wildman–Crippen LogP) is 5.33. The average Bonchev–Trinajstić information content (AvgIpc) is 2.74. The van der Waals surface area contributed by atoms with Crippen molar-refractivity contribution in [2.45, 2.75) is 6.61 Å². The SMILES string of the molecule is O=C(COc1cc(Cl)ccc1Cl)Oc1ccc(C(=O)OCc2ccccc2)cc1. The molecule has 0 atom stereocenters. The Labute approximate surface area is 177 Å². The van der Waals surface area contributed by atoms with Crippen LogP contribution in [0, 0.1) is 0 Å². The Bertz CT molecular complexity index is 988. The molecule has 0 heterocycles. The molecule has 0 bridgehead atoms. The number of carbonyl (C=O) groups excluding carboxylic acids is 2. The summed E-state index contributed by atoms with van der Waals surface area (Å²) in [5, 5.41) is 0.771. The highest BCUT2D eigenvalue weighted by molar-refractivity contribution is 6.34. The number of rotatable bonds is 7. The first kappa shape index (κ1) is 20.7. The fourth-order valence-corrected chi connectivity index (χ4v) is 2.69. The highest BCUT2D eigenvalue weighted by Crippen LogP contribution is 2.27. The third-order valence-corrected chi connectivity index (χ3v) is 4.32. The topological polar surface area (TPSA) is 61.8 Å². The minimum Gasteiger partial charge on any atom is -0.480 e. The molecule has 0 unspecified atom stereocenters. The van der Waals surface area contributed by atoms with E-state index in [2.05, 4.69) is 0 Å². The smallest absolute Gasteiger partial charge is 0.349 e. The first-order chi connectivity index (χ1) is 14.0. The van der Waals surface area contributed by atoms with Gasteiger partial charge >= 0.3 is 11.9 Å². The van der Waals surface area contributed by atoms with Crippen molar-refractivity contribution in [3.63, 3.8) is 0 Å². The number of benzene rings is 3. The number of hydrogen-bond donors (Lipinski definition) is 0. The van der Waals surface area contributed by atoms with Crippen molar-refractivity contribution in [1.82, 2.24) is 0 Å². The van der Waals surface area contributed by atoms with Gasteiger partial charge in [0.25, 0.3) is 0 Å². The molecule has 0 aromatic heterocycles. The van der Waals surface area contributed by atoms with E-state index in [1.807, 2.05) is 30.3 Å². The van der Waals surface area contributed by atoms with Crippen molar-refractivity contribution >= 4 is 35.1 Å². The number of esters is 2. The van der Waals surface area contributed by atoms with Crippen molar-refractivity contribution < 1.29 is 23.8 Å². The van der Waals surface area contributed by atoms with E-state index in [4.69, 9.17) is 37.4 Å². The molecule has 0 aliphatic rings. The summed E-state index contributed by atoms with van der Waals surface area (Å²) in [5.41, 5.74) is 1.24. The first-order valence-electron chi connectivity index (χ1n) is 8.61. The van der Waals surface area contributed by atoms with Crippen LogP contribution in [0.2, 0.25) is 10.0 Å². The second kappa shape index (κ2) is 9.96. The van der Waals surface area contributed by atoms with E-state index < -0.39 is 11.9 Å². The highest BCUT2D eigenvalue weighted by atomic mass is 35.5. The zero-order valence-electron chi connectivity index (χ0n) is 15.1. The van der Waals surface area contributed by atoms with Crippen molar-refractivity contribution in [3.05, 3.63) is 94.0 Å². The van der Waals surface area contributed by atoms with Crippen LogP contribution >= 0.6 is 23.2 Å².